The van der Waals surface area contributed by atoms with Crippen molar-refractivity contribution >= 4 is 17.5 Å². The first-order valence-electron chi connectivity index (χ1n) is 9.25. The fourth-order valence-corrected chi connectivity index (χ4v) is 3.38. The molecule has 0 fully saturated rings. The van der Waals surface area contributed by atoms with Crippen molar-refractivity contribution in [2.75, 3.05) is 30.4 Å². The Morgan fingerprint density at radius 1 is 1.11 bits per heavy atom. The second-order valence-corrected chi connectivity index (χ2v) is 6.55. The number of rotatable bonds is 6. The summed E-state index contributed by atoms with van der Waals surface area (Å²) in [5.41, 5.74) is 3.81. The van der Waals surface area contributed by atoms with Gasteiger partial charge in [0.1, 0.15) is 5.75 Å². The molecule has 0 saturated heterocycles. The Kier molecular flexibility index (Phi) is 5.14. The summed E-state index contributed by atoms with van der Waals surface area (Å²) in [5.74, 6) is 2.27. The first-order valence-corrected chi connectivity index (χ1v) is 9.25. The van der Waals surface area contributed by atoms with Crippen LogP contribution in [0.15, 0.2) is 54.7 Å². The number of aryl methyl sites for hydroxylation is 1. The van der Waals surface area contributed by atoms with Crippen LogP contribution in [0.1, 0.15) is 17.5 Å². The molecule has 0 aliphatic carbocycles. The van der Waals surface area contributed by atoms with Gasteiger partial charge in [-0.2, -0.15) is 10.1 Å². The molecule has 1 aliphatic rings. The Hall–Kier alpha value is -3.15. The van der Waals surface area contributed by atoms with E-state index in [9.17, 15) is 0 Å². The first kappa shape index (κ1) is 17.3. The molecule has 138 valence electrons. The van der Waals surface area contributed by atoms with Gasteiger partial charge in [0.25, 0.3) is 0 Å². The SMILES string of the molecule is COc1ccc(CCNc2nncc(N3CCCc4ccccc43)n2)cc1. The van der Waals surface area contributed by atoms with E-state index in [0.717, 1.165) is 43.9 Å². The molecular formula is C21H23N5O. The van der Waals surface area contributed by atoms with Crippen LogP contribution >= 0.6 is 0 Å². The normalized spacial score (nSPS) is 13.1. The summed E-state index contributed by atoms with van der Waals surface area (Å²) in [4.78, 5) is 6.90. The molecule has 0 saturated carbocycles. The molecule has 1 N–H and O–H groups in total. The Labute approximate surface area is 159 Å². The highest BCUT2D eigenvalue weighted by molar-refractivity contribution is 5.65. The number of nitrogens with zero attached hydrogens (tertiary/aromatic N) is 4. The molecule has 2 heterocycles. The number of hydrogen-bond donors (Lipinski definition) is 1. The van der Waals surface area contributed by atoms with E-state index in [1.807, 2.05) is 12.1 Å². The summed E-state index contributed by atoms with van der Waals surface area (Å²) in [6.07, 6.45) is 4.83. The fourth-order valence-electron chi connectivity index (χ4n) is 3.38. The molecule has 0 atom stereocenters. The predicted octanol–water partition coefficient (Wildman–Crippen LogP) is 3.62. The number of ether oxygens (including phenoxy) is 1. The lowest BCUT2D eigenvalue weighted by atomic mass is 10.0. The number of hydrogen-bond acceptors (Lipinski definition) is 6. The van der Waals surface area contributed by atoms with E-state index in [2.05, 4.69) is 61.8 Å². The maximum atomic E-state index is 5.19. The molecule has 0 bridgehead atoms. The minimum absolute atomic E-state index is 0.559. The number of benzene rings is 2. The molecule has 0 amide bonds. The molecule has 4 rings (SSSR count). The molecular weight excluding hydrogens is 338 g/mol. The molecule has 0 unspecified atom stereocenters. The second kappa shape index (κ2) is 8.03. The van der Waals surface area contributed by atoms with E-state index < -0.39 is 0 Å². The van der Waals surface area contributed by atoms with Gasteiger partial charge >= 0.3 is 0 Å². The minimum atomic E-state index is 0.559. The number of fused-ring (bicyclic) bond motifs is 1. The maximum absolute atomic E-state index is 5.19. The van der Waals surface area contributed by atoms with E-state index >= 15 is 0 Å². The number of para-hydroxylation sites is 1. The van der Waals surface area contributed by atoms with Crippen molar-refractivity contribution in [3.05, 3.63) is 65.9 Å². The number of nitrogens with one attached hydrogen (secondary N) is 1. The second-order valence-electron chi connectivity index (χ2n) is 6.55. The zero-order valence-electron chi connectivity index (χ0n) is 15.4. The minimum Gasteiger partial charge on any atom is -0.497 e. The lowest BCUT2D eigenvalue weighted by Crippen LogP contribution is -2.26. The summed E-state index contributed by atoms with van der Waals surface area (Å²) in [7, 11) is 1.68. The van der Waals surface area contributed by atoms with E-state index in [4.69, 9.17) is 4.74 Å². The molecule has 6 nitrogen and oxygen atoms in total. The maximum Gasteiger partial charge on any atom is 0.244 e. The third-order valence-corrected chi connectivity index (χ3v) is 4.79. The third kappa shape index (κ3) is 4.00. The zero-order valence-corrected chi connectivity index (χ0v) is 15.4. The third-order valence-electron chi connectivity index (χ3n) is 4.79. The van der Waals surface area contributed by atoms with Gasteiger partial charge in [-0.15, -0.1) is 5.10 Å². The summed E-state index contributed by atoms with van der Waals surface area (Å²) in [5, 5.41) is 11.6. The molecule has 1 aromatic heterocycles. The standard InChI is InChI=1S/C21H23N5O/c1-27-18-10-8-16(9-11-18)12-13-22-21-24-20(15-23-25-21)26-14-4-6-17-5-2-3-7-19(17)26/h2-3,5,7-11,15H,4,6,12-14H2,1H3,(H,22,24,25). The van der Waals surface area contributed by atoms with Crippen LogP contribution in [0.3, 0.4) is 0 Å². The van der Waals surface area contributed by atoms with Crippen LogP contribution in [0.4, 0.5) is 17.5 Å². The first-order chi connectivity index (χ1) is 13.3. The lowest BCUT2D eigenvalue weighted by molar-refractivity contribution is 0.414. The Morgan fingerprint density at radius 2 is 1.96 bits per heavy atom. The van der Waals surface area contributed by atoms with Crippen molar-refractivity contribution in [3.63, 3.8) is 0 Å². The van der Waals surface area contributed by atoms with Gasteiger partial charge in [0, 0.05) is 18.8 Å². The van der Waals surface area contributed by atoms with Gasteiger partial charge in [0.15, 0.2) is 5.82 Å². The Balaban J connectivity index is 1.42. The highest BCUT2D eigenvalue weighted by Crippen LogP contribution is 2.31. The van der Waals surface area contributed by atoms with E-state index in [-0.39, 0.29) is 0 Å². The van der Waals surface area contributed by atoms with Crippen molar-refractivity contribution in [2.45, 2.75) is 19.3 Å². The van der Waals surface area contributed by atoms with E-state index in [1.165, 1.54) is 16.8 Å². The van der Waals surface area contributed by atoms with Gasteiger partial charge in [-0.25, -0.2) is 0 Å². The van der Waals surface area contributed by atoms with E-state index in [1.54, 1.807) is 13.3 Å². The van der Waals surface area contributed by atoms with Gasteiger partial charge in [-0.3, -0.25) is 0 Å². The largest absolute Gasteiger partial charge is 0.497 e. The van der Waals surface area contributed by atoms with E-state index in [0.29, 0.717) is 5.95 Å². The van der Waals surface area contributed by atoms with Crippen molar-refractivity contribution < 1.29 is 4.74 Å². The van der Waals surface area contributed by atoms with Crippen LogP contribution in [0.25, 0.3) is 0 Å². The molecule has 0 radical (unpaired) electrons. The average Bonchev–Trinajstić information content (AvgIpc) is 2.74. The van der Waals surface area contributed by atoms with Gasteiger partial charge < -0.3 is 15.0 Å². The molecule has 0 spiro atoms. The van der Waals surface area contributed by atoms with Crippen molar-refractivity contribution in [1.82, 2.24) is 15.2 Å². The summed E-state index contributed by atoms with van der Waals surface area (Å²) < 4.78 is 5.19. The van der Waals surface area contributed by atoms with Crippen LogP contribution in [0.5, 0.6) is 5.75 Å². The number of aromatic nitrogens is 3. The molecule has 6 heteroatoms. The smallest absolute Gasteiger partial charge is 0.244 e. The van der Waals surface area contributed by atoms with Gasteiger partial charge in [0.05, 0.1) is 13.3 Å². The summed E-state index contributed by atoms with van der Waals surface area (Å²) >= 11 is 0. The van der Waals surface area contributed by atoms with Crippen molar-refractivity contribution in [3.8, 4) is 5.75 Å². The Morgan fingerprint density at radius 3 is 2.81 bits per heavy atom. The van der Waals surface area contributed by atoms with Crippen molar-refractivity contribution in [2.24, 2.45) is 0 Å². The molecule has 3 aromatic rings. The van der Waals surface area contributed by atoms with Crippen molar-refractivity contribution in [1.29, 1.82) is 0 Å². The van der Waals surface area contributed by atoms with Gasteiger partial charge in [-0.05, 0) is 48.6 Å². The molecule has 27 heavy (non-hydrogen) atoms. The highest BCUT2D eigenvalue weighted by Gasteiger charge is 2.19. The number of anilines is 3. The Bertz CT molecular complexity index is 897. The van der Waals surface area contributed by atoms with Gasteiger partial charge in [0.2, 0.25) is 5.95 Å². The predicted molar refractivity (Wildman–Crippen MR) is 107 cm³/mol. The summed E-state index contributed by atoms with van der Waals surface area (Å²) in [6, 6.07) is 16.6. The molecule has 1 aliphatic heterocycles. The molecule has 2 aromatic carbocycles. The summed E-state index contributed by atoms with van der Waals surface area (Å²) in [6.45, 7) is 1.69. The fraction of sp³-hybridized carbons (Fsp3) is 0.286. The van der Waals surface area contributed by atoms with Crippen LogP contribution in [-0.2, 0) is 12.8 Å². The lowest BCUT2D eigenvalue weighted by Gasteiger charge is -2.30. The topological polar surface area (TPSA) is 63.2 Å². The van der Waals surface area contributed by atoms with Crippen LogP contribution in [0.2, 0.25) is 0 Å². The number of methoxy groups -OCH3 is 1. The van der Waals surface area contributed by atoms with Crippen LogP contribution in [-0.4, -0.2) is 35.4 Å². The highest BCUT2D eigenvalue weighted by atomic mass is 16.5. The van der Waals surface area contributed by atoms with Crippen LogP contribution in [0, 0.1) is 0 Å². The van der Waals surface area contributed by atoms with Crippen LogP contribution < -0.4 is 15.0 Å². The average molecular weight is 361 g/mol. The zero-order chi connectivity index (χ0) is 18.5. The van der Waals surface area contributed by atoms with Gasteiger partial charge in [-0.1, -0.05) is 30.3 Å². The monoisotopic (exact) mass is 361 g/mol. The quantitative estimate of drug-likeness (QED) is 0.723.